The van der Waals surface area contributed by atoms with E-state index in [1.54, 1.807) is 12.1 Å². The van der Waals surface area contributed by atoms with Crippen molar-refractivity contribution in [3.05, 3.63) is 57.7 Å². The van der Waals surface area contributed by atoms with Gasteiger partial charge in [-0.15, -0.1) is 0 Å². The molecule has 0 saturated carbocycles. The Morgan fingerprint density at radius 1 is 1.06 bits per heavy atom. The van der Waals surface area contributed by atoms with Gasteiger partial charge < -0.3 is 9.84 Å². The molecule has 2 nitrogen and oxygen atoms in total. The maximum absolute atomic E-state index is 9.30. The molecule has 0 unspecified atom stereocenters. The molecular weight excluding hydrogens is 315 g/mol. The molecule has 3 heteroatoms. The minimum absolute atomic E-state index is 0.267. The summed E-state index contributed by atoms with van der Waals surface area (Å²) in [6.07, 6.45) is 0. The smallest absolute Gasteiger partial charge is 0.120 e. The van der Waals surface area contributed by atoms with Crippen LogP contribution in [0.15, 0.2) is 48.5 Å². The average molecular weight is 326 g/mol. The molecule has 0 aliphatic rings. The van der Waals surface area contributed by atoms with Gasteiger partial charge in [0.25, 0.3) is 0 Å². The van der Waals surface area contributed by atoms with Crippen LogP contribution in [0.4, 0.5) is 0 Å². The monoisotopic (exact) mass is 326 g/mol. The zero-order valence-electron chi connectivity index (χ0n) is 8.56. The fraction of sp³-hybridized carbons (Fsp3) is 0.0769. The van der Waals surface area contributed by atoms with Crippen molar-refractivity contribution in [2.75, 3.05) is 0 Å². The summed E-state index contributed by atoms with van der Waals surface area (Å²) in [7, 11) is 0. The van der Waals surface area contributed by atoms with E-state index in [0.29, 0.717) is 6.61 Å². The first kappa shape index (κ1) is 11.3. The van der Waals surface area contributed by atoms with Crippen LogP contribution in [0.3, 0.4) is 0 Å². The second-order valence-electron chi connectivity index (χ2n) is 3.42. The van der Waals surface area contributed by atoms with E-state index >= 15 is 0 Å². The minimum atomic E-state index is 0.267. The lowest BCUT2D eigenvalue weighted by molar-refractivity contribution is 0.305. The average Bonchev–Trinajstić information content (AvgIpc) is 2.27. The summed E-state index contributed by atoms with van der Waals surface area (Å²) in [6.45, 7) is 0.467. The molecule has 0 aliphatic heterocycles. The molecule has 0 aromatic heterocycles. The Labute approximate surface area is 108 Å². The summed E-state index contributed by atoms with van der Waals surface area (Å²) < 4.78 is 6.76. The Bertz CT molecular complexity index is 437. The number of hydrogen-bond donors (Lipinski definition) is 1. The number of ether oxygens (including phenoxy) is 1. The second kappa shape index (κ2) is 5.21. The fourth-order valence-electron chi connectivity index (χ4n) is 1.37. The zero-order valence-corrected chi connectivity index (χ0v) is 10.7. The van der Waals surface area contributed by atoms with Gasteiger partial charge in [-0.1, -0.05) is 18.2 Å². The summed E-state index contributed by atoms with van der Waals surface area (Å²) in [6, 6.07) is 15.0. The Hall–Kier alpha value is -1.23. The van der Waals surface area contributed by atoms with Crippen molar-refractivity contribution in [1.29, 1.82) is 0 Å². The predicted octanol–water partition coefficient (Wildman–Crippen LogP) is 3.58. The lowest BCUT2D eigenvalue weighted by atomic mass is 10.2. The highest BCUT2D eigenvalue weighted by molar-refractivity contribution is 14.1. The number of phenolic OH excluding ortho intramolecular Hbond substituents is 1. The van der Waals surface area contributed by atoms with Crippen LogP contribution in [0.1, 0.15) is 5.56 Å². The van der Waals surface area contributed by atoms with Crippen LogP contribution in [0.25, 0.3) is 0 Å². The van der Waals surface area contributed by atoms with Gasteiger partial charge >= 0.3 is 0 Å². The lowest BCUT2D eigenvalue weighted by Gasteiger charge is -2.06. The minimum Gasteiger partial charge on any atom is -0.508 e. The Morgan fingerprint density at radius 2 is 1.88 bits per heavy atom. The van der Waals surface area contributed by atoms with Crippen LogP contribution < -0.4 is 4.74 Å². The molecule has 0 spiro atoms. The summed E-state index contributed by atoms with van der Waals surface area (Å²) in [5.74, 6) is 1.11. The first-order valence-corrected chi connectivity index (χ1v) is 5.98. The van der Waals surface area contributed by atoms with Crippen LogP contribution in [0.5, 0.6) is 11.5 Å². The third kappa shape index (κ3) is 3.13. The van der Waals surface area contributed by atoms with Gasteiger partial charge in [0.1, 0.15) is 18.1 Å². The summed E-state index contributed by atoms with van der Waals surface area (Å²) in [5, 5.41) is 9.30. The zero-order chi connectivity index (χ0) is 11.4. The van der Waals surface area contributed by atoms with Crippen molar-refractivity contribution in [2.24, 2.45) is 0 Å². The molecular formula is C13H11IO2. The fourth-order valence-corrected chi connectivity index (χ4v) is 1.88. The van der Waals surface area contributed by atoms with Gasteiger partial charge in [-0.05, 0) is 58.5 Å². The highest BCUT2D eigenvalue weighted by Gasteiger charge is 1.97. The molecule has 2 aromatic carbocycles. The van der Waals surface area contributed by atoms with E-state index in [4.69, 9.17) is 4.74 Å². The van der Waals surface area contributed by atoms with Crippen LogP contribution in [0.2, 0.25) is 0 Å². The standard InChI is InChI=1S/C13H11IO2/c14-11-4-2-6-13(8-11)16-9-10-3-1-5-12(15)7-10/h1-8,15H,9H2. The van der Waals surface area contributed by atoms with E-state index in [2.05, 4.69) is 22.6 Å². The molecule has 0 saturated heterocycles. The number of phenols is 1. The van der Waals surface area contributed by atoms with Gasteiger partial charge in [0.15, 0.2) is 0 Å². The molecule has 0 amide bonds. The van der Waals surface area contributed by atoms with Crippen molar-refractivity contribution in [3.8, 4) is 11.5 Å². The molecule has 0 radical (unpaired) electrons. The van der Waals surface area contributed by atoms with Crippen LogP contribution in [-0.2, 0) is 6.61 Å². The van der Waals surface area contributed by atoms with Crippen molar-refractivity contribution in [2.45, 2.75) is 6.61 Å². The van der Waals surface area contributed by atoms with Gasteiger partial charge in [0.05, 0.1) is 0 Å². The van der Waals surface area contributed by atoms with E-state index in [-0.39, 0.29) is 5.75 Å². The van der Waals surface area contributed by atoms with Crippen molar-refractivity contribution in [3.63, 3.8) is 0 Å². The van der Waals surface area contributed by atoms with Gasteiger partial charge in [0, 0.05) is 3.57 Å². The van der Waals surface area contributed by atoms with E-state index in [9.17, 15) is 5.11 Å². The maximum atomic E-state index is 9.30. The molecule has 1 N–H and O–H groups in total. The van der Waals surface area contributed by atoms with Crippen LogP contribution in [-0.4, -0.2) is 5.11 Å². The predicted molar refractivity (Wildman–Crippen MR) is 71.6 cm³/mol. The number of hydrogen-bond acceptors (Lipinski definition) is 2. The summed E-state index contributed by atoms with van der Waals surface area (Å²) in [4.78, 5) is 0. The number of aromatic hydroxyl groups is 1. The lowest BCUT2D eigenvalue weighted by Crippen LogP contribution is -1.95. The number of rotatable bonds is 3. The summed E-state index contributed by atoms with van der Waals surface area (Å²) in [5.41, 5.74) is 0.957. The van der Waals surface area contributed by atoms with E-state index < -0.39 is 0 Å². The number of halogens is 1. The normalized spacial score (nSPS) is 10.1. The Morgan fingerprint density at radius 3 is 2.62 bits per heavy atom. The molecule has 0 atom stereocenters. The topological polar surface area (TPSA) is 29.5 Å². The van der Waals surface area contributed by atoms with Gasteiger partial charge in [-0.25, -0.2) is 0 Å². The third-order valence-electron chi connectivity index (χ3n) is 2.11. The Kier molecular flexibility index (Phi) is 3.66. The maximum Gasteiger partial charge on any atom is 0.120 e. The molecule has 82 valence electrons. The molecule has 0 fully saturated rings. The highest BCUT2D eigenvalue weighted by Crippen LogP contribution is 2.17. The van der Waals surface area contributed by atoms with E-state index in [0.717, 1.165) is 14.9 Å². The van der Waals surface area contributed by atoms with Gasteiger partial charge in [-0.2, -0.15) is 0 Å². The molecule has 2 rings (SSSR count). The van der Waals surface area contributed by atoms with E-state index in [1.807, 2.05) is 36.4 Å². The number of benzene rings is 2. The largest absolute Gasteiger partial charge is 0.508 e. The van der Waals surface area contributed by atoms with Crippen LogP contribution >= 0.6 is 22.6 Å². The quantitative estimate of drug-likeness (QED) is 0.874. The van der Waals surface area contributed by atoms with Gasteiger partial charge in [-0.3, -0.25) is 0 Å². The SMILES string of the molecule is Oc1cccc(COc2cccc(I)c2)c1. The van der Waals surface area contributed by atoms with Gasteiger partial charge in [0.2, 0.25) is 0 Å². The first-order valence-electron chi connectivity index (χ1n) is 4.90. The van der Waals surface area contributed by atoms with E-state index in [1.165, 1.54) is 0 Å². The molecule has 0 aliphatic carbocycles. The third-order valence-corrected chi connectivity index (χ3v) is 2.78. The molecule has 2 aromatic rings. The first-order chi connectivity index (χ1) is 7.74. The molecule has 16 heavy (non-hydrogen) atoms. The highest BCUT2D eigenvalue weighted by atomic mass is 127. The summed E-state index contributed by atoms with van der Waals surface area (Å²) >= 11 is 2.25. The molecule has 0 bridgehead atoms. The second-order valence-corrected chi connectivity index (χ2v) is 4.66. The van der Waals surface area contributed by atoms with Crippen molar-refractivity contribution < 1.29 is 9.84 Å². The van der Waals surface area contributed by atoms with Crippen molar-refractivity contribution >= 4 is 22.6 Å². The van der Waals surface area contributed by atoms with Crippen molar-refractivity contribution in [1.82, 2.24) is 0 Å². The Balaban J connectivity index is 2.02. The molecule has 0 heterocycles. The van der Waals surface area contributed by atoms with Crippen LogP contribution in [0, 0.1) is 3.57 Å².